The molecule has 0 radical (unpaired) electrons. The first-order valence-electron chi connectivity index (χ1n) is 10.9. The Bertz CT molecular complexity index is 1240. The monoisotopic (exact) mass is 472 g/mol. The molecule has 0 aromatic heterocycles. The number of nitrogens with one attached hydrogen (secondary N) is 2. The molecule has 0 bridgehead atoms. The molecule has 1 aliphatic rings. The van der Waals surface area contributed by atoms with E-state index in [1.54, 1.807) is 24.3 Å². The molecule has 1 amide bonds. The van der Waals surface area contributed by atoms with Crippen LogP contribution in [0.15, 0.2) is 84.6 Å². The summed E-state index contributed by atoms with van der Waals surface area (Å²) < 4.78 is 15.0. The van der Waals surface area contributed by atoms with Crippen LogP contribution in [-0.2, 0) is 30.3 Å². The number of carbonyl (C=O) groups is 3. The van der Waals surface area contributed by atoms with Crippen molar-refractivity contribution in [1.29, 1.82) is 0 Å². The van der Waals surface area contributed by atoms with Crippen LogP contribution in [0.25, 0.3) is 11.1 Å². The van der Waals surface area contributed by atoms with Crippen molar-refractivity contribution in [3.63, 3.8) is 0 Å². The van der Waals surface area contributed by atoms with E-state index in [-0.39, 0.29) is 12.2 Å². The Balaban J connectivity index is 1.37. The molecule has 3 aromatic rings. The Labute approximate surface area is 202 Å². The van der Waals surface area contributed by atoms with Crippen LogP contribution >= 0.6 is 0 Å². The predicted molar refractivity (Wildman–Crippen MR) is 129 cm³/mol. The van der Waals surface area contributed by atoms with Crippen molar-refractivity contribution in [2.24, 2.45) is 0 Å². The van der Waals surface area contributed by atoms with Gasteiger partial charge >= 0.3 is 18.0 Å². The fourth-order valence-corrected chi connectivity index (χ4v) is 3.85. The molecule has 178 valence electrons. The molecule has 2 N–H and O–H groups in total. The van der Waals surface area contributed by atoms with Crippen LogP contribution in [0.4, 0.5) is 10.5 Å². The molecule has 0 fully saturated rings. The maximum absolute atomic E-state index is 12.6. The van der Waals surface area contributed by atoms with Gasteiger partial charge in [-0.15, -0.1) is 0 Å². The van der Waals surface area contributed by atoms with Gasteiger partial charge in [-0.2, -0.15) is 0 Å². The number of amides is 1. The van der Waals surface area contributed by atoms with Crippen LogP contribution in [-0.4, -0.2) is 32.3 Å². The molecule has 8 heteroatoms. The van der Waals surface area contributed by atoms with Gasteiger partial charge < -0.3 is 24.8 Å². The van der Waals surface area contributed by atoms with E-state index < -0.39 is 24.1 Å². The van der Waals surface area contributed by atoms with E-state index in [0.29, 0.717) is 5.69 Å². The lowest BCUT2D eigenvalue weighted by Crippen LogP contribution is -2.25. The minimum atomic E-state index is -0.709. The molecule has 0 unspecified atom stereocenters. The van der Waals surface area contributed by atoms with Gasteiger partial charge in [-0.25, -0.2) is 14.4 Å². The number of alkyl carbamates (subject to hydrolysis) is 1. The van der Waals surface area contributed by atoms with Gasteiger partial charge in [0.15, 0.2) is 6.10 Å². The number of rotatable bonds is 7. The van der Waals surface area contributed by atoms with Gasteiger partial charge in [0.1, 0.15) is 5.70 Å². The molecule has 0 saturated carbocycles. The normalized spacial score (nSPS) is 12.2. The summed E-state index contributed by atoms with van der Waals surface area (Å²) in [5.74, 6) is -1.40. The number of hydrogen-bond acceptors (Lipinski definition) is 7. The third kappa shape index (κ3) is 5.33. The Morgan fingerprint density at radius 1 is 0.829 bits per heavy atom. The quantitative estimate of drug-likeness (QED) is 0.300. The maximum Gasteiger partial charge on any atom is 0.408 e. The third-order valence-corrected chi connectivity index (χ3v) is 5.54. The van der Waals surface area contributed by atoms with Gasteiger partial charge in [0.2, 0.25) is 0 Å². The number of hydrogen-bond donors (Lipinski definition) is 2. The number of ether oxygens (including phenoxy) is 3. The number of carbonyl (C=O) groups excluding carboxylic acids is 3. The second-order valence-corrected chi connectivity index (χ2v) is 7.71. The molecule has 0 spiro atoms. The van der Waals surface area contributed by atoms with Crippen LogP contribution < -0.4 is 10.6 Å². The summed E-state index contributed by atoms with van der Waals surface area (Å²) in [5.41, 5.74) is 5.35. The lowest BCUT2D eigenvalue weighted by atomic mass is 10.1. The van der Waals surface area contributed by atoms with Crippen LogP contribution in [0.3, 0.4) is 0 Å². The number of benzene rings is 3. The molecule has 8 nitrogen and oxygen atoms in total. The van der Waals surface area contributed by atoms with Gasteiger partial charge in [0.05, 0.1) is 20.3 Å². The zero-order valence-electron chi connectivity index (χ0n) is 19.2. The Kier molecular flexibility index (Phi) is 7.11. The second kappa shape index (κ2) is 10.6. The van der Waals surface area contributed by atoms with Crippen molar-refractivity contribution in [2.45, 2.75) is 12.6 Å². The molecule has 4 rings (SSSR count). The van der Waals surface area contributed by atoms with E-state index in [9.17, 15) is 14.4 Å². The first-order chi connectivity index (χ1) is 17.0. The number of methoxy groups -OCH3 is 2. The zero-order chi connectivity index (χ0) is 24.8. The highest BCUT2D eigenvalue weighted by Crippen LogP contribution is 2.44. The van der Waals surface area contributed by atoms with Gasteiger partial charge in [-0.3, -0.25) is 0 Å². The van der Waals surface area contributed by atoms with Crippen molar-refractivity contribution >= 4 is 23.7 Å². The summed E-state index contributed by atoms with van der Waals surface area (Å²) in [6.07, 6.45) is 0.0152. The predicted octanol–water partition coefficient (Wildman–Crippen LogP) is 4.32. The molecule has 35 heavy (non-hydrogen) atoms. The second-order valence-electron chi connectivity index (χ2n) is 7.71. The lowest BCUT2D eigenvalue weighted by Gasteiger charge is -2.16. The zero-order valence-corrected chi connectivity index (χ0v) is 19.2. The first kappa shape index (κ1) is 23.6. The fourth-order valence-electron chi connectivity index (χ4n) is 3.85. The largest absolute Gasteiger partial charge is 0.466 e. The minimum absolute atomic E-state index is 0.0640. The molecule has 1 aliphatic carbocycles. The van der Waals surface area contributed by atoms with Crippen molar-refractivity contribution < 1.29 is 28.6 Å². The summed E-state index contributed by atoms with van der Waals surface area (Å²) in [6, 6.07) is 22.7. The molecular formula is C27H24N2O6. The average molecular weight is 472 g/mol. The summed E-state index contributed by atoms with van der Waals surface area (Å²) in [5, 5.41) is 5.61. The highest BCUT2D eigenvalue weighted by molar-refractivity contribution is 5.98. The summed E-state index contributed by atoms with van der Waals surface area (Å²) in [4.78, 5) is 36.0. The SMILES string of the molecule is COC(=O)/C=C(/Nc1ccc(CNC(=O)OC2c3ccccc3-c3ccccc32)cc1)C(=O)OC. The maximum atomic E-state index is 12.6. The molecule has 0 atom stereocenters. The lowest BCUT2D eigenvalue weighted by molar-refractivity contribution is -0.138. The topological polar surface area (TPSA) is 103 Å². The standard InChI is InChI=1S/C27H24N2O6/c1-33-24(30)15-23(26(31)34-2)29-18-13-11-17(12-14-18)16-28-27(32)35-25-21-9-5-3-7-19(21)20-8-4-6-10-22(20)25/h3-15,25,29H,16H2,1-2H3,(H,28,32)/b23-15+. The van der Waals surface area contributed by atoms with Gasteiger partial charge in [0, 0.05) is 23.4 Å². The third-order valence-electron chi connectivity index (χ3n) is 5.54. The molecule has 0 aliphatic heterocycles. The van der Waals surface area contributed by atoms with Gasteiger partial charge in [0.25, 0.3) is 0 Å². The van der Waals surface area contributed by atoms with E-state index in [2.05, 4.69) is 20.1 Å². The first-order valence-corrected chi connectivity index (χ1v) is 10.9. The van der Waals surface area contributed by atoms with Gasteiger partial charge in [-0.1, -0.05) is 60.7 Å². The number of anilines is 1. The molecule has 0 heterocycles. The highest BCUT2D eigenvalue weighted by Gasteiger charge is 2.30. The average Bonchev–Trinajstić information content (AvgIpc) is 3.21. The highest BCUT2D eigenvalue weighted by atomic mass is 16.6. The van der Waals surface area contributed by atoms with Crippen LogP contribution in [0.2, 0.25) is 0 Å². The fraction of sp³-hybridized carbons (Fsp3) is 0.148. The van der Waals surface area contributed by atoms with Gasteiger partial charge in [-0.05, 0) is 28.8 Å². The summed E-state index contributed by atoms with van der Waals surface area (Å²) in [6.45, 7) is 0.247. The van der Waals surface area contributed by atoms with E-state index in [0.717, 1.165) is 33.9 Å². The Morgan fingerprint density at radius 2 is 1.43 bits per heavy atom. The van der Waals surface area contributed by atoms with Crippen molar-refractivity contribution in [2.75, 3.05) is 19.5 Å². The number of esters is 2. The van der Waals surface area contributed by atoms with Crippen LogP contribution in [0.5, 0.6) is 0 Å². The molecule has 0 saturated heterocycles. The summed E-state index contributed by atoms with van der Waals surface area (Å²) in [7, 11) is 2.43. The van der Waals surface area contributed by atoms with E-state index in [4.69, 9.17) is 4.74 Å². The smallest absolute Gasteiger partial charge is 0.408 e. The number of fused-ring (bicyclic) bond motifs is 3. The van der Waals surface area contributed by atoms with Crippen LogP contribution in [0, 0.1) is 0 Å². The Hall–Kier alpha value is -4.59. The Morgan fingerprint density at radius 3 is 2.00 bits per heavy atom. The van der Waals surface area contributed by atoms with E-state index >= 15 is 0 Å². The minimum Gasteiger partial charge on any atom is -0.466 e. The van der Waals surface area contributed by atoms with Crippen molar-refractivity contribution in [3.05, 3.63) is 101 Å². The molecular weight excluding hydrogens is 448 g/mol. The van der Waals surface area contributed by atoms with Crippen molar-refractivity contribution in [1.82, 2.24) is 5.32 Å². The molecule has 3 aromatic carbocycles. The van der Waals surface area contributed by atoms with Crippen molar-refractivity contribution in [3.8, 4) is 11.1 Å². The van der Waals surface area contributed by atoms with Crippen LogP contribution in [0.1, 0.15) is 22.8 Å². The summed E-state index contributed by atoms with van der Waals surface area (Å²) >= 11 is 0. The van der Waals surface area contributed by atoms with E-state index in [1.165, 1.54) is 14.2 Å². The van der Waals surface area contributed by atoms with E-state index in [1.807, 2.05) is 48.5 Å².